The monoisotopic (exact) mass is 209 g/mol. The third-order valence-electron chi connectivity index (χ3n) is 2.63. The molecule has 1 aromatic rings. The lowest BCUT2D eigenvalue weighted by atomic mass is 10.1. The Bertz CT molecular complexity index is 294. The predicted molar refractivity (Wildman–Crippen MR) is 58.7 cm³/mol. The smallest absolute Gasteiger partial charge is 0.146 e. The van der Waals surface area contributed by atoms with Gasteiger partial charge >= 0.3 is 0 Å². The molecule has 0 aliphatic carbocycles. The summed E-state index contributed by atoms with van der Waals surface area (Å²) >= 11 is 1.74. The van der Waals surface area contributed by atoms with E-state index in [0.29, 0.717) is 12.3 Å². The minimum Gasteiger partial charge on any atom is -0.298 e. The molecule has 2 heterocycles. The van der Waals surface area contributed by atoms with Crippen molar-refractivity contribution in [3.63, 3.8) is 0 Å². The van der Waals surface area contributed by atoms with Crippen LogP contribution in [0.1, 0.15) is 18.4 Å². The van der Waals surface area contributed by atoms with Crippen LogP contribution in [0.15, 0.2) is 16.8 Å². The number of Topliss-reactive ketones (excluding diaryl/α,β-unsaturated/α-hetero) is 1. The van der Waals surface area contributed by atoms with Crippen molar-refractivity contribution in [1.82, 2.24) is 4.90 Å². The average molecular weight is 209 g/mol. The second-order valence-corrected chi connectivity index (χ2v) is 4.58. The van der Waals surface area contributed by atoms with Gasteiger partial charge < -0.3 is 0 Å². The minimum absolute atomic E-state index is 0.404. The first kappa shape index (κ1) is 9.87. The summed E-state index contributed by atoms with van der Waals surface area (Å²) in [5.41, 5.74) is 1.40. The van der Waals surface area contributed by atoms with Gasteiger partial charge in [-0.25, -0.2) is 0 Å². The van der Waals surface area contributed by atoms with Crippen molar-refractivity contribution in [2.45, 2.75) is 19.3 Å². The summed E-state index contributed by atoms with van der Waals surface area (Å²) in [5.74, 6) is 0.404. The van der Waals surface area contributed by atoms with Crippen molar-refractivity contribution < 1.29 is 4.79 Å². The average Bonchev–Trinajstić information content (AvgIpc) is 2.67. The Kier molecular flexibility index (Phi) is 3.32. The number of likely N-dealkylation sites (tertiary alicyclic amines) is 1. The van der Waals surface area contributed by atoms with E-state index in [1.54, 1.807) is 11.3 Å². The molecule has 14 heavy (non-hydrogen) atoms. The van der Waals surface area contributed by atoms with Gasteiger partial charge in [-0.05, 0) is 41.8 Å². The summed E-state index contributed by atoms with van der Waals surface area (Å²) < 4.78 is 0. The van der Waals surface area contributed by atoms with Gasteiger partial charge in [0.2, 0.25) is 0 Å². The summed E-state index contributed by atoms with van der Waals surface area (Å²) in [4.78, 5) is 13.5. The Morgan fingerprint density at radius 3 is 3.14 bits per heavy atom. The highest BCUT2D eigenvalue weighted by molar-refractivity contribution is 7.07. The van der Waals surface area contributed by atoms with Gasteiger partial charge in [-0.3, -0.25) is 9.69 Å². The summed E-state index contributed by atoms with van der Waals surface area (Å²) in [6.45, 7) is 2.79. The van der Waals surface area contributed by atoms with Gasteiger partial charge in [0, 0.05) is 13.0 Å². The molecule has 1 aliphatic heterocycles. The number of thiophene rings is 1. The standard InChI is InChI=1S/C11H15NOS/c13-11-2-1-5-12(8-11)6-3-10-4-7-14-9-10/h4,7,9H,1-3,5-6,8H2. The van der Waals surface area contributed by atoms with Crippen LogP contribution >= 0.6 is 11.3 Å². The van der Waals surface area contributed by atoms with Crippen molar-refractivity contribution in [2.24, 2.45) is 0 Å². The predicted octanol–water partition coefficient (Wildman–Crippen LogP) is 1.96. The summed E-state index contributed by atoms with van der Waals surface area (Å²) in [7, 11) is 0. The van der Waals surface area contributed by atoms with Crippen LogP contribution in [0.2, 0.25) is 0 Å². The Labute approximate surface area is 88.5 Å². The highest BCUT2D eigenvalue weighted by Gasteiger charge is 2.15. The SMILES string of the molecule is O=C1CCCN(CCc2ccsc2)C1. The van der Waals surface area contributed by atoms with E-state index in [9.17, 15) is 4.79 Å². The Morgan fingerprint density at radius 1 is 1.50 bits per heavy atom. The zero-order chi connectivity index (χ0) is 9.80. The molecule has 1 aromatic heterocycles. The minimum atomic E-state index is 0.404. The van der Waals surface area contributed by atoms with Crippen LogP contribution in [0.25, 0.3) is 0 Å². The van der Waals surface area contributed by atoms with E-state index in [2.05, 4.69) is 21.7 Å². The first-order valence-electron chi connectivity index (χ1n) is 5.10. The number of ketones is 1. The van der Waals surface area contributed by atoms with Gasteiger partial charge in [-0.1, -0.05) is 0 Å². The van der Waals surface area contributed by atoms with Gasteiger partial charge in [0.1, 0.15) is 5.78 Å². The van der Waals surface area contributed by atoms with E-state index < -0.39 is 0 Å². The number of carbonyl (C=O) groups excluding carboxylic acids is 1. The topological polar surface area (TPSA) is 20.3 Å². The van der Waals surface area contributed by atoms with E-state index in [1.165, 1.54) is 5.56 Å². The quantitative estimate of drug-likeness (QED) is 0.758. The van der Waals surface area contributed by atoms with Crippen molar-refractivity contribution in [3.05, 3.63) is 22.4 Å². The zero-order valence-corrected chi connectivity index (χ0v) is 9.05. The normalized spacial score (nSPS) is 18.7. The molecule has 1 fully saturated rings. The molecule has 1 saturated heterocycles. The molecule has 0 aromatic carbocycles. The number of carbonyl (C=O) groups is 1. The summed E-state index contributed by atoms with van der Waals surface area (Å²) in [6, 6.07) is 2.16. The fraction of sp³-hybridized carbons (Fsp3) is 0.545. The van der Waals surface area contributed by atoms with E-state index >= 15 is 0 Å². The second-order valence-electron chi connectivity index (χ2n) is 3.80. The summed E-state index contributed by atoms with van der Waals surface area (Å²) in [6.07, 6.45) is 2.91. The third kappa shape index (κ3) is 2.66. The lowest BCUT2D eigenvalue weighted by molar-refractivity contribution is -0.122. The molecule has 0 saturated carbocycles. The van der Waals surface area contributed by atoms with E-state index in [4.69, 9.17) is 0 Å². The lowest BCUT2D eigenvalue weighted by Gasteiger charge is -2.25. The van der Waals surface area contributed by atoms with Crippen LogP contribution in [-0.4, -0.2) is 30.3 Å². The van der Waals surface area contributed by atoms with E-state index in [1.807, 2.05) is 0 Å². The number of piperidine rings is 1. The van der Waals surface area contributed by atoms with Crippen molar-refractivity contribution >= 4 is 17.1 Å². The van der Waals surface area contributed by atoms with Crippen LogP contribution in [0.3, 0.4) is 0 Å². The van der Waals surface area contributed by atoms with Crippen molar-refractivity contribution in [1.29, 1.82) is 0 Å². The third-order valence-corrected chi connectivity index (χ3v) is 3.36. The number of hydrogen-bond donors (Lipinski definition) is 0. The van der Waals surface area contributed by atoms with E-state index in [0.717, 1.165) is 32.4 Å². The highest BCUT2D eigenvalue weighted by Crippen LogP contribution is 2.10. The molecule has 0 atom stereocenters. The van der Waals surface area contributed by atoms with Crippen LogP contribution in [0.4, 0.5) is 0 Å². The molecule has 0 radical (unpaired) electrons. The molecule has 76 valence electrons. The van der Waals surface area contributed by atoms with Gasteiger partial charge in [-0.15, -0.1) is 0 Å². The maximum atomic E-state index is 11.2. The number of rotatable bonds is 3. The molecular weight excluding hydrogens is 194 g/mol. The maximum Gasteiger partial charge on any atom is 0.146 e. The fourth-order valence-electron chi connectivity index (χ4n) is 1.82. The second kappa shape index (κ2) is 4.71. The van der Waals surface area contributed by atoms with E-state index in [-0.39, 0.29) is 0 Å². The fourth-order valence-corrected chi connectivity index (χ4v) is 2.52. The van der Waals surface area contributed by atoms with Crippen molar-refractivity contribution in [3.8, 4) is 0 Å². The van der Waals surface area contributed by atoms with Crippen LogP contribution in [0.5, 0.6) is 0 Å². The molecule has 1 aliphatic rings. The number of nitrogens with zero attached hydrogens (tertiary/aromatic N) is 1. The first-order chi connectivity index (χ1) is 6.84. The van der Waals surface area contributed by atoms with Gasteiger partial charge in [-0.2, -0.15) is 11.3 Å². The Hall–Kier alpha value is -0.670. The molecule has 0 unspecified atom stereocenters. The molecule has 0 amide bonds. The molecule has 3 heteroatoms. The highest BCUT2D eigenvalue weighted by atomic mass is 32.1. The Balaban J connectivity index is 1.77. The molecule has 0 N–H and O–H groups in total. The van der Waals surface area contributed by atoms with Crippen LogP contribution in [0, 0.1) is 0 Å². The molecule has 0 bridgehead atoms. The molecule has 0 spiro atoms. The van der Waals surface area contributed by atoms with Crippen LogP contribution < -0.4 is 0 Å². The molecule has 2 nitrogen and oxygen atoms in total. The first-order valence-corrected chi connectivity index (χ1v) is 6.04. The molecule has 2 rings (SSSR count). The van der Waals surface area contributed by atoms with Gasteiger partial charge in [0.25, 0.3) is 0 Å². The number of hydrogen-bond acceptors (Lipinski definition) is 3. The van der Waals surface area contributed by atoms with Crippen molar-refractivity contribution in [2.75, 3.05) is 19.6 Å². The Morgan fingerprint density at radius 2 is 2.43 bits per heavy atom. The van der Waals surface area contributed by atoms with Gasteiger partial charge in [0.15, 0.2) is 0 Å². The zero-order valence-electron chi connectivity index (χ0n) is 8.24. The summed E-state index contributed by atoms with van der Waals surface area (Å²) in [5, 5.41) is 4.29. The lowest BCUT2D eigenvalue weighted by Crippen LogP contribution is -2.36. The largest absolute Gasteiger partial charge is 0.298 e. The molecular formula is C11H15NOS. The van der Waals surface area contributed by atoms with Crippen LogP contribution in [-0.2, 0) is 11.2 Å². The maximum absolute atomic E-state index is 11.2. The van der Waals surface area contributed by atoms with Gasteiger partial charge in [0.05, 0.1) is 6.54 Å².